The Balaban J connectivity index is 2.36. The second-order valence-corrected chi connectivity index (χ2v) is 5.14. The fourth-order valence-electron chi connectivity index (χ4n) is 3.04. The molecule has 1 aliphatic rings. The normalized spacial score (nSPS) is 25.7. The Morgan fingerprint density at radius 3 is 2.65 bits per heavy atom. The molecule has 0 unspecified atom stereocenters. The number of nitrogens with zero attached hydrogens (tertiary/aromatic N) is 3. The summed E-state index contributed by atoms with van der Waals surface area (Å²) in [6.07, 6.45) is 2.28. The maximum atomic E-state index is 6.30. The molecule has 2 N–H and O–H groups in total. The fraction of sp³-hybridized carbons (Fsp3) is 0.769. The summed E-state index contributed by atoms with van der Waals surface area (Å²) in [7, 11) is 2.01. The number of nitrogens with two attached hydrogens (primary N) is 1. The minimum Gasteiger partial charge on any atom is -0.326 e. The van der Waals surface area contributed by atoms with Gasteiger partial charge < -0.3 is 5.73 Å². The maximum absolute atomic E-state index is 6.30. The Bertz CT molecular complexity index is 394. The monoisotopic (exact) mass is 236 g/mol. The van der Waals surface area contributed by atoms with Gasteiger partial charge in [-0.15, -0.1) is 0 Å². The highest BCUT2D eigenvalue weighted by Gasteiger charge is 2.35. The first kappa shape index (κ1) is 12.6. The molecule has 1 aromatic rings. The summed E-state index contributed by atoms with van der Waals surface area (Å²) in [5, 5.41) is 4.52. The van der Waals surface area contributed by atoms with E-state index in [1.54, 1.807) is 0 Å². The minimum atomic E-state index is 0.253. The van der Waals surface area contributed by atoms with Crippen molar-refractivity contribution in [1.29, 1.82) is 0 Å². The number of likely N-dealkylation sites (tertiary alicyclic amines) is 1. The second-order valence-electron chi connectivity index (χ2n) is 5.14. The molecule has 1 aromatic heterocycles. The van der Waals surface area contributed by atoms with Gasteiger partial charge in [0.1, 0.15) is 0 Å². The molecule has 0 radical (unpaired) electrons. The van der Waals surface area contributed by atoms with Crippen LogP contribution < -0.4 is 5.73 Å². The molecule has 0 spiro atoms. The van der Waals surface area contributed by atoms with Gasteiger partial charge in [-0.05, 0) is 33.2 Å². The maximum Gasteiger partial charge on any atom is 0.0644 e. The van der Waals surface area contributed by atoms with Crippen molar-refractivity contribution in [1.82, 2.24) is 14.7 Å². The summed E-state index contributed by atoms with van der Waals surface area (Å²) in [6, 6.07) is 0.617. The quantitative estimate of drug-likeness (QED) is 0.865. The number of aryl methyl sites for hydroxylation is 2. The molecule has 1 saturated heterocycles. The van der Waals surface area contributed by atoms with Crippen molar-refractivity contribution < 1.29 is 0 Å². The van der Waals surface area contributed by atoms with E-state index >= 15 is 0 Å². The summed E-state index contributed by atoms with van der Waals surface area (Å²) in [5.41, 5.74) is 10.0. The predicted octanol–water partition coefficient (Wildman–Crippen LogP) is 1.52. The Hall–Kier alpha value is -0.870. The highest BCUT2D eigenvalue weighted by Crippen LogP contribution is 2.34. The standard InChI is InChI=1S/C13H24N4/c1-5-7-17-8-6-11(14)13(17)12-9(2)15-16(4)10(12)3/h11,13H,5-8,14H2,1-4H3/t11-,13-/m0/s1. The van der Waals surface area contributed by atoms with Gasteiger partial charge in [0, 0.05) is 30.9 Å². The van der Waals surface area contributed by atoms with E-state index in [2.05, 4.69) is 30.8 Å². The van der Waals surface area contributed by atoms with Gasteiger partial charge >= 0.3 is 0 Å². The molecule has 0 amide bonds. The van der Waals surface area contributed by atoms with E-state index in [1.807, 2.05) is 11.7 Å². The number of rotatable bonds is 3. The summed E-state index contributed by atoms with van der Waals surface area (Å²) < 4.78 is 1.97. The Kier molecular flexibility index (Phi) is 3.54. The van der Waals surface area contributed by atoms with Crippen molar-refractivity contribution in [2.45, 2.75) is 45.7 Å². The summed E-state index contributed by atoms with van der Waals surface area (Å²) in [4.78, 5) is 2.52. The number of aromatic nitrogens is 2. The van der Waals surface area contributed by atoms with Gasteiger partial charge in [0.05, 0.1) is 11.7 Å². The van der Waals surface area contributed by atoms with Gasteiger partial charge in [-0.3, -0.25) is 9.58 Å². The zero-order valence-electron chi connectivity index (χ0n) is 11.4. The molecule has 2 atom stereocenters. The van der Waals surface area contributed by atoms with E-state index in [4.69, 9.17) is 5.73 Å². The van der Waals surface area contributed by atoms with Crippen LogP contribution in [0.5, 0.6) is 0 Å². The minimum absolute atomic E-state index is 0.253. The third-order valence-electron chi connectivity index (χ3n) is 3.92. The topological polar surface area (TPSA) is 47.1 Å². The Morgan fingerprint density at radius 2 is 2.12 bits per heavy atom. The third-order valence-corrected chi connectivity index (χ3v) is 3.92. The first-order valence-corrected chi connectivity index (χ1v) is 6.56. The molecule has 0 aliphatic carbocycles. The van der Waals surface area contributed by atoms with Crippen molar-refractivity contribution in [2.75, 3.05) is 13.1 Å². The Labute approximate surface area is 104 Å². The summed E-state index contributed by atoms with van der Waals surface area (Å²) >= 11 is 0. The van der Waals surface area contributed by atoms with Gasteiger partial charge in [0.15, 0.2) is 0 Å². The molecular weight excluding hydrogens is 212 g/mol. The first-order chi connectivity index (χ1) is 8.06. The lowest BCUT2D eigenvalue weighted by Crippen LogP contribution is -2.33. The van der Waals surface area contributed by atoms with Gasteiger partial charge in [0.25, 0.3) is 0 Å². The molecule has 96 valence electrons. The molecule has 17 heavy (non-hydrogen) atoms. The van der Waals surface area contributed by atoms with Crippen LogP contribution in [0.1, 0.15) is 42.8 Å². The molecule has 4 heteroatoms. The second kappa shape index (κ2) is 4.78. The summed E-state index contributed by atoms with van der Waals surface area (Å²) in [6.45, 7) is 8.71. The van der Waals surface area contributed by atoms with Crippen LogP contribution >= 0.6 is 0 Å². The van der Waals surface area contributed by atoms with Crippen LogP contribution in [0.25, 0.3) is 0 Å². The van der Waals surface area contributed by atoms with E-state index in [9.17, 15) is 0 Å². The van der Waals surface area contributed by atoms with Crippen molar-refractivity contribution >= 4 is 0 Å². The van der Waals surface area contributed by atoms with Crippen molar-refractivity contribution in [2.24, 2.45) is 12.8 Å². The van der Waals surface area contributed by atoms with Crippen LogP contribution in [0.15, 0.2) is 0 Å². The fourth-order valence-corrected chi connectivity index (χ4v) is 3.04. The van der Waals surface area contributed by atoms with E-state index < -0.39 is 0 Å². The Morgan fingerprint density at radius 1 is 1.41 bits per heavy atom. The van der Waals surface area contributed by atoms with Crippen LogP contribution in [-0.4, -0.2) is 33.8 Å². The van der Waals surface area contributed by atoms with E-state index in [-0.39, 0.29) is 6.04 Å². The SMILES string of the molecule is CCCN1CC[C@H](N)[C@H]1c1c(C)nn(C)c1C. The highest BCUT2D eigenvalue weighted by molar-refractivity contribution is 5.30. The van der Waals surface area contributed by atoms with Crippen LogP contribution in [-0.2, 0) is 7.05 Å². The smallest absolute Gasteiger partial charge is 0.0644 e. The lowest BCUT2D eigenvalue weighted by molar-refractivity contribution is 0.247. The molecule has 0 bridgehead atoms. The van der Waals surface area contributed by atoms with Gasteiger partial charge in [0.2, 0.25) is 0 Å². The molecule has 1 aliphatic heterocycles. The van der Waals surface area contributed by atoms with E-state index in [0.29, 0.717) is 6.04 Å². The van der Waals surface area contributed by atoms with Crippen molar-refractivity contribution in [3.63, 3.8) is 0 Å². The zero-order valence-corrected chi connectivity index (χ0v) is 11.4. The lowest BCUT2D eigenvalue weighted by atomic mass is 9.99. The van der Waals surface area contributed by atoms with Crippen molar-refractivity contribution in [3.05, 3.63) is 17.0 Å². The van der Waals surface area contributed by atoms with Crippen LogP contribution in [0.3, 0.4) is 0 Å². The largest absolute Gasteiger partial charge is 0.326 e. The highest BCUT2D eigenvalue weighted by atomic mass is 15.3. The molecule has 1 fully saturated rings. The molecule has 2 rings (SSSR count). The van der Waals surface area contributed by atoms with Crippen LogP contribution in [0.4, 0.5) is 0 Å². The van der Waals surface area contributed by atoms with Crippen LogP contribution in [0.2, 0.25) is 0 Å². The zero-order chi connectivity index (χ0) is 12.6. The molecule has 2 heterocycles. The van der Waals surface area contributed by atoms with E-state index in [1.165, 1.54) is 17.7 Å². The third kappa shape index (κ3) is 2.11. The van der Waals surface area contributed by atoms with Crippen LogP contribution in [0, 0.1) is 13.8 Å². The number of hydrogen-bond donors (Lipinski definition) is 1. The summed E-state index contributed by atoms with van der Waals surface area (Å²) in [5.74, 6) is 0. The molecular formula is C13H24N4. The molecule has 0 saturated carbocycles. The van der Waals surface area contributed by atoms with E-state index in [0.717, 1.165) is 25.2 Å². The van der Waals surface area contributed by atoms with Gasteiger partial charge in [-0.2, -0.15) is 5.10 Å². The first-order valence-electron chi connectivity index (χ1n) is 6.56. The average molecular weight is 236 g/mol. The van der Waals surface area contributed by atoms with Gasteiger partial charge in [-0.25, -0.2) is 0 Å². The molecule has 0 aromatic carbocycles. The van der Waals surface area contributed by atoms with Gasteiger partial charge in [-0.1, -0.05) is 6.92 Å². The average Bonchev–Trinajstić information content (AvgIpc) is 2.72. The predicted molar refractivity (Wildman–Crippen MR) is 69.9 cm³/mol. The van der Waals surface area contributed by atoms with Crippen molar-refractivity contribution in [3.8, 4) is 0 Å². The lowest BCUT2D eigenvalue weighted by Gasteiger charge is -2.27. The molecule has 4 nitrogen and oxygen atoms in total. The number of hydrogen-bond acceptors (Lipinski definition) is 3.